The fraction of sp³-hybridized carbons (Fsp3) is 0.304. The van der Waals surface area contributed by atoms with Crippen LogP contribution < -0.4 is 14.4 Å². The highest BCUT2D eigenvalue weighted by molar-refractivity contribution is 7.09. The molecular weight excluding hydrogens is 398 g/mol. The van der Waals surface area contributed by atoms with E-state index >= 15 is 0 Å². The Hall–Kier alpha value is -2.90. The minimum Gasteiger partial charge on any atom is -0.497 e. The summed E-state index contributed by atoms with van der Waals surface area (Å²) in [7, 11) is 1.65. The second kappa shape index (κ2) is 8.08. The molecule has 5 rings (SSSR count). The van der Waals surface area contributed by atoms with E-state index in [1.54, 1.807) is 18.4 Å². The molecule has 0 N–H and O–H groups in total. The van der Waals surface area contributed by atoms with Crippen molar-refractivity contribution in [3.05, 3.63) is 70.7 Å². The first kappa shape index (κ1) is 19.1. The van der Waals surface area contributed by atoms with Gasteiger partial charge in [-0.05, 0) is 29.8 Å². The summed E-state index contributed by atoms with van der Waals surface area (Å²) in [6.45, 7) is 1.87. The van der Waals surface area contributed by atoms with E-state index in [4.69, 9.17) is 9.47 Å². The molecule has 0 spiro atoms. The standard InChI is InChI=1S/C23H23N3O3S/c1-28-17-8-6-16(7-9-17)13-26-19-4-2-3-5-21(19)29-18-12-20(23(26)27)25(14-18)15-22-24-10-11-30-22/h2-11,18,20H,12-15H2,1H3/t18-,20-/m0/s1. The number of anilines is 1. The topological polar surface area (TPSA) is 54.9 Å². The van der Waals surface area contributed by atoms with Gasteiger partial charge in [0.2, 0.25) is 5.91 Å². The third-order valence-corrected chi connectivity index (χ3v) is 6.45. The predicted octanol–water partition coefficient (Wildman–Crippen LogP) is 3.72. The number of rotatable bonds is 5. The number of likely N-dealkylation sites (tertiary alicyclic amines) is 1. The Morgan fingerprint density at radius 1 is 1.17 bits per heavy atom. The smallest absolute Gasteiger partial charge is 0.244 e. The van der Waals surface area contributed by atoms with E-state index in [1.807, 2.05) is 65.0 Å². The Balaban J connectivity index is 1.48. The van der Waals surface area contributed by atoms with Crippen LogP contribution in [0, 0.1) is 0 Å². The summed E-state index contributed by atoms with van der Waals surface area (Å²) in [4.78, 5) is 22.2. The summed E-state index contributed by atoms with van der Waals surface area (Å²) >= 11 is 1.62. The molecule has 0 unspecified atom stereocenters. The van der Waals surface area contributed by atoms with Crippen LogP contribution >= 0.6 is 11.3 Å². The third kappa shape index (κ3) is 3.66. The fourth-order valence-electron chi connectivity index (χ4n) is 4.22. The quantitative estimate of drug-likeness (QED) is 0.629. The lowest BCUT2D eigenvalue weighted by Crippen LogP contribution is -2.45. The third-order valence-electron chi connectivity index (χ3n) is 5.69. The van der Waals surface area contributed by atoms with E-state index < -0.39 is 0 Å². The number of carbonyl (C=O) groups is 1. The molecule has 154 valence electrons. The molecular formula is C23H23N3O3S. The summed E-state index contributed by atoms with van der Waals surface area (Å²) in [5.41, 5.74) is 1.87. The van der Waals surface area contributed by atoms with Crippen LogP contribution in [-0.4, -0.2) is 41.6 Å². The molecule has 2 bridgehead atoms. The van der Waals surface area contributed by atoms with E-state index in [-0.39, 0.29) is 18.1 Å². The number of nitrogens with zero attached hydrogens (tertiary/aromatic N) is 3. The predicted molar refractivity (Wildman–Crippen MR) is 116 cm³/mol. The number of benzene rings is 2. The SMILES string of the molecule is COc1ccc(CN2C(=O)[C@@H]3C[C@@H](CN3Cc3nccs3)Oc3ccccc32)cc1. The summed E-state index contributed by atoms with van der Waals surface area (Å²) < 4.78 is 11.6. The maximum absolute atomic E-state index is 13.8. The molecule has 2 atom stereocenters. The molecule has 3 aromatic rings. The van der Waals surface area contributed by atoms with Gasteiger partial charge in [0.15, 0.2) is 0 Å². The van der Waals surface area contributed by atoms with Gasteiger partial charge in [-0.15, -0.1) is 11.3 Å². The Labute approximate surface area is 179 Å². The number of aromatic nitrogens is 1. The van der Waals surface area contributed by atoms with Gasteiger partial charge >= 0.3 is 0 Å². The summed E-state index contributed by atoms with van der Waals surface area (Å²) in [6, 6.07) is 15.5. The number of fused-ring (bicyclic) bond motifs is 3. The van der Waals surface area contributed by atoms with Crippen LogP contribution in [0.15, 0.2) is 60.1 Å². The summed E-state index contributed by atoms with van der Waals surface area (Å²) in [5, 5.41) is 2.99. The van der Waals surface area contributed by atoms with E-state index in [9.17, 15) is 4.79 Å². The molecule has 2 aromatic carbocycles. The molecule has 2 aliphatic rings. The van der Waals surface area contributed by atoms with Gasteiger partial charge < -0.3 is 14.4 Å². The lowest BCUT2D eigenvalue weighted by atomic mass is 10.1. The van der Waals surface area contributed by atoms with Crippen LogP contribution in [0.1, 0.15) is 17.0 Å². The molecule has 7 heteroatoms. The van der Waals surface area contributed by atoms with Crippen molar-refractivity contribution in [1.82, 2.24) is 9.88 Å². The number of hydrogen-bond donors (Lipinski definition) is 0. The molecule has 2 aliphatic heterocycles. The lowest BCUT2D eigenvalue weighted by molar-refractivity contribution is -0.123. The second-order valence-corrected chi connectivity index (χ2v) is 8.57. The van der Waals surface area contributed by atoms with Gasteiger partial charge in [0.1, 0.15) is 22.6 Å². The van der Waals surface area contributed by atoms with Crippen molar-refractivity contribution in [2.24, 2.45) is 0 Å². The van der Waals surface area contributed by atoms with Crippen molar-refractivity contribution < 1.29 is 14.3 Å². The molecule has 0 saturated carbocycles. The second-order valence-electron chi connectivity index (χ2n) is 7.59. The maximum atomic E-state index is 13.8. The van der Waals surface area contributed by atoms with Crippen molar-refractivity contribution in [1.29, 1.82) is 0 Å². The zero-order chi connectivity index (χ0) is 20.5. The largest absolute Gasteiger partial charge is 0.497 e. The highest BCUT2D eigenvalue weighted by Gasteiger charge is 2.43. The van der Waals surface area contributed by atoms with Crippen molar-refractivity contribution in [2.75, 3.05) is 18.6 Å². The molecule has 30 heavy (non-hydrogen) atoms. The zero-order valence-electron chi connectivity index (χ0n) is 16.7. The number of para-hydroxylation sites is 2. The van der Waals surface area contributed by atoms with Crippen LogP contribution in [0.25, 0.3) is 0 Å². The summed E-state index contributed by atoms with van der Waals surface area (Å²) in [6.07, 6.45) is 2.51. The minimum absolute atomic E-state index is 0.00296. The van der Waals surface area contributed by atoms with Gasteiger partial charge in [-0.2, -0.15) is 0 Å². The highest BCUT2D eigenvalue weighted by Crippen LogP contribution is 2.37. The van der Waals surface area contributed by atoms with Crippen LogP contribution in [0.2, 0.25) is 0 Å². The van der Waals surface area contributed by atoms with Crippen LogP contribution in [0.3, 0.4) is 0 Å². The van der Waals surface area contributed by atoms with Gasteiger partial charge in [0.25, 0.3) is 0 Å². The zero-order valence-corrected chi connectivity index (χ0v) is 17.5. The van der Waals surface area contributed by atoms with Gasteiger partial charge in [-0.25, -0.2) is 4.98 Å². The number of amides is 1. The molecule has 1 fully saturated rings. The first-order valence-electron chi connectivity index (χ1n) is 10.0. The Morgan fingerprint density at radius 2 is 2.00 bits per heavy atom. The Morgan fingerprint density at radius 3 is 2.77 bits per heavy atom. The van der Waals surface area contributed by atoms with E-state index in [1.165, 1.54) is 0 Å². The van der Waals surface area contributed by atoms with Gasteiger partial charge in [0.05, 0.1) is 31.9 Å². The van der Waals surface area contributed by atoms with Crippen LogP contribution in [0.5, 0.6) is 11.5 Å². The minimum atomic E-state index is -0.217. The van der Waals surface area contributed by atoms with Crippen molar-refractivity contribution >= 4 is 22.9 Å². The first-order chi connectivity index (χ1) is 14.7. The maximum Gasteiger partial charge on any atom is 0.244 e. The number of ether oxygens (including phenoxy) is 2. The van der Waals surface area contributed by atoms with Crippen LogP contribution in [0.4, 0.5) is 5.69 Å². The van der Waals surface area contributed by atoms with Gasteiger partial charge in [-0.1, -0.05) is 24.3 Å². The molecule has 3 heterocycles. The Kier molecular flexibility index (Phi) is 5.14. The van der Waals surface area contributed by atoms with Gasteiger partial charge in [0, 0.05) is 24.5 Å². The molecule has 6 nitrogen and oxygen atoms in total. The van der Waals surface area contributed by atoms with Crippen molar-refractivity contribution in [3.63, 3.8) is 0 Å². The highest BCUT2D eigenvalue weighted by atomic mass is 32.1. The average Bonchev–Trinajstić information content (AvgIpc) is 3.42. The molecule has 1 amide bonds. The average molecular weight is 422 g/mol. The van der Waals surface area contributed by atoms with E-state index in [0.717, 1.165) is 34.3 Å². The molecule has 1 saturated heterocycles. The Bertz CT molecular complexity index is 1020. The normalized spacial score (nSPS) is 21.0. The molecule has 0 aliphatic carbocycles. The van der Waals surface area contributed by atoms with Crippen LogP contribution in [-0.2, 0) is 17.9 Å². The molecule has 0 radical (unpaired) electrons. The number of thiazole rings is 1. The first-order valence-corrected chi connectivity index (χ1v) is 10.9. The monoisotopic (exact) mass is 421 g/mol. The number of carbonyl (C=O) groups excluding carboxylic acids is 1. The van der Waals surface area contributed by atoms with Crippen molar-refractivity contribution in [3.8, 4) is 11.5 Å². The fourth-order valence-corrected chi connectivity index (χ4v) is 4.86. The molecule has 1 aromatic heterocycles. The van der Waals surface area contributed by atoms with E-state index in [0.29, 0.717) is 19.5 Å². The number of methoxy groups -OCH3 is 1. The summed E-state index contributed by atoms with van der Waals surface area (Å²) in [5.74, 6) is 1.68. The lowest BCUT2D eigenvalue weighted by Gasteiger charge is -2.31. The number of hydrogen-bond acceptors (Lipinski definition) is 6. The van der Waals surface area contributed by atoms with Gasteiger partial charge in [-0.3, -0.25) is 9.69 Å². The van der Waals surface area contributed by atoms with E-state index in [2.05, 4.69) is 9.88 Å². The van der Waals surface area contributed by atoms with Crippen molar-refractivity contribution in [2.45, 2.75) is 31.7 Å².